The molecule has 3 nitrogen and oxygen atoms in total. The number of rotatable bonds is 8. The maximum absolute atomic E-state index is 12.3. The van der Waals surface area contributed by atoms with Gasteiger partial charge in [0, 0.05) is 6.42 Å². The Morgan fingerprint density at radius 3 is 2.46 bits per heavy atom. The van der Waals surface area contributed by atoms with Gasteiger partial charge in [0.05, 0.1) is 13.2 Å². The lowest BCUT2D eigenvalue weighted by molar-refractivity contribution is -0.122. The number of methoxy groups -OCH3 is 1. The third-order valence-corrected chi connectivity index (χ3v) is 4.60. The molecule has 3 rings (SSSR count). The fourth-order valence-electron chi connectivity index (χ4n) is 3.06. The number of amides is 1. The van der Waals surface area contributed by atoms with Gasteiger partial charge in [0.25, 0.3) is 0 Å². The summed E-state index contributed by atoms with van der Waals surface area (Å²) in [6.45, 7) is 0. The molecular formula is C21H25NO2. The second-order valence-electron chi connectivity index (χ2n) is 6.49. The zero-order valence-corrected chi connectivity index (χ0v) is 14.2. The quantitative estimate of drug-likeness (QED) is 0.787. The van der Waals surface area contributed by atoms with Crippen LogP contribution in [0.4, 0.5) is 0 Å². The number of nitrogens with one attached hydrogen (secondary N) is 1. The largest absolute Gasteiger partial charge is 0.497 e. The summed E-state index contributed by atoms with van der Waals surface area (Å²) in [7, 11) is 1.67. The van der Waals surface area contributed by atoms with E-state index in [1.165, 1.54) is 24.0 Å². The van der Waals surface area contributed by atoms with E-state index in [-0.39, 0.29) is 11.9 Å². The molecule has 3 heteroatoms. The summed E-state index contributed by atoms with van der Waals surface area (Å²) in [5.41, 5.74) is 2.47. The van der Waals surface area contributed by atoms with Gasteiger partial charge >= 0.3 is 0 Å². The van der Waals surface area contributed by atoms with Gasteiger partial charge in [0.2, 0.25) is 5.91 Å². The monoisotopic (exact) mass is 323 g/mol. The molecule has 0 unspecified atom stereocenters. The summed E-state index contributed by atoms with van der Waals surface area (Å²) in [4.78, 5) is 12.3. The summed E-state index contributed by atoms with van der Waals surface area (Å²) in [5, 5.41) is 3.24. The van der Waals surface area contributed by atoms with E-state index in [2.05, 4.69) is 29.6 Å². The van der Waals surface area contributed by atoms with Crippen molar-refractivity contribution in [3.8, 4) is 5.75 Å². The van der Waals surface area contributed by atoms with E-state index in [1.807, 2.05) is 30.3 Å². The van der Waals surface area contributed by atoms with Crippen molar-refractivity contribution in [2.45, 2.75) is 38.1 Å². The molecule has 0 radical (unpaired) electrons. The molecule has 0 aliphatic heterocycles. The first-order chi connectivity index (χ1) is 11.8. The average Bonchev–Trinajstić information content (AvgIpc) is 3.46. The number of aryl methyl sites for hydroxylation is 1. The molecule has 1 N–H and O–H groups in total. The highest BCUT2D eigenvalue weighted by molar-refractivity contribution is 5.76. The fraction of sp³-hybridized carbons (Fsp3) is 0.381. The van der Waals surface area contributed by atoms with E-state index in [9.17, 15) is 4.79 Å². The van der Waals surface area contributed by atoms with E-state index < -0.39 is 0 Å². The van der Waals surface area contributed by atoms with Crippen molar-refractivity contribution in [1.82, 2.24) is 5.32 Å². The summed E-state index contributed by atoms with van der Waals surface area (Å²) in [6, 6.07) is 18.5. The van der Waals surface area contributed by atoms with Gasteiger partial charge in [-0.15, -0.1) is 0 Å². The van der Waals surface area contributed by atoms with Crippen LogP contribution in [0.15, 0.2) is 54.6 Å². The highest BCUT2D eigenvalue weighted by atomic mass is 16.5. The van der Waals surface area contributed by atoms with Crippen molar-refractivity contribution in [1.29, 1.82) is 0 Å². The van der Waals surface area contributed by atoms with Crippen LogP contribution in [-0.4, -0.2) is 13.0 Å². The normalized spacial score (nSPS) is 14.9. The molecule has 1 saturated carbocycles. The smallest absolute Gasteiger partial charge is 0.220 e. The van der Waals surface area contributed by atoms with Gasteiger partial charge in [-0.1, -0.05) is 42.5 Å². The molecule has 1 fully saturated rings. The molecule has 1 aliphatic carbocycles. The Morgan fingerprint density at radius 1 is 1.12 bits per heavy atom. The average molecular weight is 323 g/mol. The summed E-state index contributed by atoms with van der Waals surface area (Å²) >= 11 is 0. The van der Waals surface area contributed by atoms with Crippen LogP contribution < -0.4 is 10.1 Å². The topological polar surface area (TPSA) is 38.3 Å². The van der Waals surface area contributed by atoms with Crippen molar-refractivity contribution in [2.24, 2.45) is 5.92 Å². The summed E-state index contributed by atoms with van der Waals surface area (Å²) in [5.74, 6) is 1.58. The first-order valence-electron chi connectivity index (χ1n) is 8.73. The minimum absolute atomic E-state index is 0.139. The maximum Gasteiger partial charge on any atom is 0.220 e. The Kier molecular flexibility index (Phi) is 5.52. The number of carbonyl (C=O) groups excluding carboxylic acids is 1. The van der Waals surface area contributed by atoms with Crippen molar-refractivity contribution >= 4 is 5.91 Å². The number of benzene rings is 2. The molecule has 1 aliphatic rings. The van der Waals surface area contributed by atoms with Crippen LogP contribution in [0.25, 0.3) is 0 Å². The Labute approximate surface area is 144 Å². The van der Waals surface area contributed by atoms with E-state index in [4.69, 9.17) is 4.74 Å². The van der Waals surface area contributed by atoms with Crippen molar-refractivity contribution in [2.75, 3.05) is 7.11 Å². The van der Waals surface area contributed by atoms with E-state index in [0.717, 1.165) is 18.6 Å². The SMILES string of the molecule is COc1ccc([C@H](NC(=O)CCCc2ccccc2)C2CC2)cc1. The van der Waals surface area contributed by atoms with Crippen LogP contribution in [-0.2, 0) is 11.2 Å². The van der Waals surface area contributed by atoms with Crippen LogP contribution in [0.5, 0.6) is 5.75 Å². The lowest BCUT2D eigenvalue weighted by Crippen LogP contribution is -2.29. The molecule has 2 aromatic carbocycles. The Morgan fingerprint density at radius 2 is 1.83 bits per heavy atom. The van der Waals surface area contributed by atoms with Gasteiger partial charge < -0.3 is 10.1 Å². The summed E-state index contributed by atoms with van der Waals surface area (Å²) in [6.07, 6.45) is 4.80. The standard InChI is InChI=1S/C21H25NO2/c1-24-19-14-12-18(13-15-19)21(17-10-11-17)22-20(23)9-5-8-16-6-3-2-4-7-16/h2-4,6-7,12-15,17,21H,5,8-11H2,1H3,(H,22,23)/t21-/m1/s1. The molecule has 1 amide bonds. The zero-order valence-electron chi connectivity index (χ0n) is 14.2. The lowest BCUT2D eigenvalue weighted by Gasteiger charge is -2.19. The molecule has 0 spiro atoms. The van der Waals surface area contributed by atoms with Crippen LogP contribution in [0.1, 0.15) is 42.9 Å². The van der Waals surface area contributed by atoms with Gasteiger partial charge in [-0.3, -0.25) is 4.79 Å². The van der Waals surface area contributed by atoms with Crippen LogP contribution >= 0.6 is 0 Å². The van der Waals surface area contributed by atoms with Crippen LogP contribution in [0.2, 0.25) is 0 Å². The van der Waals surface area contributed by atoms with E-state index in [0.29, 0.717) is 12.3 Å². The van der Waals surface area contributed by atoms with Crippen molar-refractivity contribution in [3.63, 3.8) is 0 Å². The zero-order chi connectivity index (χ0) is 16.8. The molecule has 2 aromatic rings. The van der Waals surface area contributed by atoms with E-state index >= 15 is 0 Å². The first-order valence-corrected chi connectivity index (χ1v) is 8.73. The maximum atomic E-state index is 12.3. The number of hydrogen-bond donors (Lipinski definition) is 1. The summed E-state index contributed by atoms with van der Waals surface area (Å²) < 4.78 is 5.21. The van der Waals surface area contributed by atoms with Crippen molar-refractivity contribution in [3.05, 3.63) is 65.7 Å². The second kappa shape index (κ2) is 8.00. The molecule has 1 atom stereocenters. The Hall–Kier alpha value is -2.29. The van der Waals surface area contributed by atoms with E-state index in [1.54, 1.807) is 7.11 Å². The molecular weight excluding hydrogens is 298 g/mol. The van der Waals surface area contributed by atoms with Crippen LogP contribution in [0.3, 0.4) is 0 Å². The minimum atomic E-state index is 0.139. The molecule has 0 saturated heterocycles. The Bertz CT molecular complexity index is 647. The number of hydrogen-bond acceptors (Lipinski definition) is 2. The van der Waals surface area contributed by atoms with Gasteiger partial charge in [-0.25, -0.2) is 0 Å². The Balaban J connectivity index is 1.52. The number of carbonyl (C=O) groups is 1. The fourth-order valence-corrected chi connectivity index (χ4v) is 3.06. The third kappa shape index (κ3) is 4.60. The molecule has 0 bridgehead atoms. The highest BCUT2D eigenvalue weighted by Gasteiger charge is 2.33. The molecule has 24 heavy (non-hydrogen) atoms. The first kappa shape index (κ1) is 16.6. The minimum Gasteiger partial charge on any atom is -0.497 e. The predicted octanol–water partition coefficient (Wildman–Crippen LogP) is 4.29. The third-order valence-electron chi connectivity index (χ3n) is 4.60. The van der Waals surface area contributed by atoms with Gasteiger partial charge in [-0.05, 0) is 54.9 Å². The molecule has 126 valence electrons. The van der Waals surface area contributed by atoms with Gasteiger partial charge in [-0.2, -0.15) is 0 Å². The number of ether oxygens (including phenoxy) is 1. The predicted molar refractivity (Wildman–Crippen MR) is 96.0 cm³/mol. The molecule has 0 heterocycles. The highest BCUT2D eigenvalue weighted by Crippen LogP contribution is 2.41. The van der Waals surface area contributed by atoms with Crippen molar-refractivity contribution < 1.29 is 9.53 Å². The van der Waals surface area contributed by atoms with Gasteiger partial charge in [0.15, 0.2) is 0 Å². The second-order valence-corrected chi connectivity index (χ2v) is 6.49. The lowest BCUT2D eigenvalue weighted by atomic mass is 10.0. The van der Waals surface area contributed by atoms with Gasteiger partial charge in [0.1, 0.15) is 5.75 Å². The molecule has 0 aromatic heterocycles. The van der Waals surface area contributed by atoms with Crippen LogP contribution in [0, 0.1) is 5.92 Å².